The second-order valence-electron chi connectivity index (χ2n) is 8.40. The first-order valence-electron chi connectivity index (χ1n) is 11.6. The zero-order valence-corrected chi connectivity index (χ0v) is 20.4. The molecule has 182 valence electrons. The van der Waals surface area contributed by atoms with E-state index in [9.17, 15) is 14.4 Å². The van der Waals surface area contributed by atoms with Gasteiger partial charge in [-0.3, -0.25) is 9.59 Å². The summed E-state index contributed by atoms with van der Waals surface area (Å²) in [4.78, 5) is 36.7. The molecule has 2 aromatic rings. The Balaban J connectivity index is 1.64. The van der Waals surface area contributed by atoms with Gasteiger partial charge in [-0.1, -0.05) is 61.9 Å². The molecule has 2 aromatic carbocycles. The van der Waals surface area contributed by atoms with E-state index in [2.05, 4.69) is 22.8 Å². The number of carbonyl (C=O) groups is 3. The van der Waals surface area contributed by atoms with Crippen LogP contribution in [0.3, 0.4) is 0 Å². The second-order valence-corrected chi connectivity index (χ2v) is 9.38. The zero-order chi connectivity index (χ0) is 24.5. The minimum absolute atomic E-state index is 0.0684. The number of nitrogens with one attached hydrogen (secondary N) is 2. The number of benzene rings is 2. The predicted molar refractivity (Wildman–Crippen MR) is 134 cm³/mol. The summed E-state index contributed by atoms with van der Waals surface area (Å²) in [6.45, 7) is 2.09. The van der Waals surface area contributed by atoms with Gasteiger partial charge in [0.2, 0.25) is 5.91 Å². The van der Waals surface area contributed by atoms with Crippen molar-refractivity contribution in [2.45, 2.75) is 50.6 Å². The van der Waals surface area contributed by atoms with Crippen molar-refractivity contribution >= 4 is 29.7 Å². The maximum absolute atomic E-state index is 12.9. The molecule has 0 aliphatic heterocycles. The van der Waals surface area contributed by atoms with Gasteiger partial charge in [-0.15, -0.1) is 0 Å². The van der Waals surface area contributed by atoms with Gasteiger partial charge >= 0.3 is 12.1 Å². The van der Waals surface area contributed by atoms with Gasteiger partial charge in [-0.2, -0.15) is 11.8 Å². The predicted octanol–water partition coefficient (Wildman–Crippen LogP) is 4.41. The van der Waals surface area contributed by atoms with Crippen molar-refractivity contribution < 1.29 is 24.2 Å². The molecule has 0 aromatic heterocycles. The molecular weight excluding hydrogens is 452 g/mol. The smallest absolute Gasteiger partial charge is 0.407 e. The van der Waals surface area contributed by atoms with Gasteiger partial charge in [0.15, 0.2) is 0 Å². The van der Waals surface area contributed by atoms with Gasteiger partial charge < -0.3 is 20.5 Å². The highest BCUT2D eigenvalue weighted by atomic mass is 32.2. The summed E-state index contributed by atoms with van der Waals surface area (Å²) < 4.78 is 5.59. The Morgan fingerprint density at radius 1 is 1.00 bits per heavy atom. The first kappa shape index (κ1) is 25.6. The first-order valence-corrected chi connectivity index (χ1v) is 13.0. The van der Waals surface area contributed by atoms with Crippen molar-refractivity contribution in [2.24, 2.45) is 0 Å². The molecule has 3 N–H and O–H groups in total. The van der Waals surface area contributed by atoms with E-state index in [0.29, 0.717) is 18.6 Å². The Kier molecular flexibility index (Phi) is 9.39. The third-order valence-corrected chi connectivity index (χ3v) is 6.61. The molecule has 0 saturated carbocycles. The van der Waals surface area contributed by atoms with Crippen LogP contribution in [0.2, 0.25) is 0 Å². The van der Waals surface area contributed by atoms with Crippen LogP contribution in [0.5, 0.6) is 0 Å². The van der Waals surface area contributed by atoms with E-state index in [1.807, 2.05) is 49.6 Å². The average Bonchev–Trinajstić information content (AvgIpc) is 3.14. The number of rotatable bonds is 12. The van der Waals surface area contributed by atoms with Gasteiger partial charge in [-0.25, -0.2) is 4.79 Å². The van der Waals surface area contributed by atoms with E-state index in [1.54, 1.807) is 11.8 Å². The van der Waals surface area contributed by atoms with Crippen LogP contribution < -0.4 is 10.6 Å². The van der Waals surface area contributed by atoms with Crippen molar-refractivity contribution in [1.82, 2.24) is 10.6 Å². The summed E-state index contributed by atoms with van der Waals surface area (Å²) in [6.07, 6.45) is 2.83. The number of carbonyl (C=O) groups excluding carboxylic acids is 2. The molecule has 0 bridgehead atoms. The highest BCUT2D eigenvalue weighted by Crippen LogP contribution is 2.44. The van der Waals surface area contributed by atoms with Gasteiger partial charge in [0.1, 0.15) is 12.6 Å². The Morgan fingerprint density at radius 3 is 2.18 bits per heavy atom. The number of carboxylic acid groups (broad SMARTS) is 1. The Hall–Kier alpha value is -3.00. The monoisotopic (exact) mass is 484 g/mol. The number of aliphatic carboxylic acids is 1. The van der Waals surface area contributed by atoms with Gasteiger partial charge in [0.25, 0.3) is 0 Å². The SMILES string of the molecule is CCC[C@H](CC(=O)O)NC(=O)C(CCSC)NC(=O)OCC1c2ccccc2-c2ccccc21. The Bertz CT molecular complexity index is 967. The second kappa shape index (κ2) is 12.5. The summed E-state index contributed by atoms with van der Waals surface area (Å²) in [5.41, 5.74) is 4.52. The van der Waals surface area contributed by atoms with E-state index in [-0.39, 0.29) is 24.9 Å². The van der Waals surface area contributed by atoms with E-state index in [0.717, 1.165) is 28.7 Å². The molecule has 2 atom stereocenters. The fraction of sp³-hybridized carbons (Fsp3) is 0.423. The lowest BCUT2D eigenvalue weighted by Gasteiger charge is -2.22. The van der Waals surface area contributed by atoms with Crippen LogP contribution in [0.1, 0.15) is 49.7 Å². The minimum Gasteiger partial charge on any atom is -0.481 e. The van der Waals surface area contributed by atoms with E-state index in [1.165, 1.54) is 0 Å². The number of amides is 2. The number of fused-ring (bicyclic) bond motifs is 3. The van der Waals surface area contributed by atoms with E-state index >= 15 is 0 Å². The van der Waals surface area contributed by atoms with Crippen LogP contribution in [-0.4, -0.2) is 53.8 Å². The van der Waals surface area contributed by atoms with Crippen LogP contribution in [0.15, 0.2) is 48.5 Å². The number of thioether (sulfide) groups is 1. The summed E-state index contributed by atoms with van der Waals surface area (Å²) >= 11 is 1.57. The number of alkyl carbamates (subject to hydrolysis) is 1. The molecule has 34 heavy (non-hydrogen) atoms. The summed E-state index contributed by atoms with van der Waals surface area (Å²) in [7, 11) is 0. The fourth-order valence-electron chi connectivity index (χ4n) is 4.37. The molecule has 8 heteroatoms. The minimum atomic E-state index is -0.969. The van der Waals surface area contributed by atoms with Crippen molar-refractivity contribution in [3.8, 4) is 11.1 Å². The lowest BCUT2D eigenvalue weighted by Crippen LogP contribution is -2.50. The van der Waals surface area contributed by atoms with Gasteiger partial charge in [0, 0.05) is 12.0 Å². The standard InChI is InChI=1S/C26H32N2O5S/c1-3-8-17(15-24(29)30)27-25(31)23(13-14-34-2)28-26(32)33-16-22-20-11-6-4-9-18(20)19-10-5-7-12-21(19)22/h4-7,9-12,17,22-23H,3,8,13-16H2,1-2H3,(H,27,31)(H,28,32)(H,29,30)/t17-,23?/m1/s1. The van der Waals surface area contributed by atoms with Gasteiger partial charge in [0.05, 0.1) is 6.42 Å². The van der Waals surface area contributed by atoms with Crippen LogP contribution in [0, 0.1) is 0 Å². The van der Waals surface area contributed by atoms with Crippen molar-refractivity contribution in [3.05, 3.63) is 59.7 Å². The molecule has 1 aliphatic rings. The Morgan fingerprint density at radius 2 is 1.62 bits per heavy atom. The summed E-state index contributed by atoms with van der Waals surface area (Å²) in [5.74, 6) is -0.758. The fourth-order valence-corrected chi connectivity index (χ4v) is 4.84. The third kappa shape index (κ3) is 6.53. The summed E-state index contributed by atoms with van der Waals surface area (Å²) in [5, 5.41) is 14.6. The Labute approximate surface area is 204 Å². The molecule has 0 radical (unpaired) electrons. The molecular formula is C26H32N2O5S. The highest BCUT2D eigenvalue weighted by molar-refractivity contribution is 7.98. The van der Waals surface area contributed by atoms with Crippen LogP contribution in [0.4, 0.5) is 4.79 Å². The van der Waals surface area contributed by atoms with E-state index < -0.39 is 24.1 Å². The average molecular weight is 485 g/mol. The lowest BCUT2D eigenvalue weighted by molar-refractivity contribution is -0.137. The zero-order valence-electron chi connectivity index (χ0n) is 19.6. The molecule has 1 aliphatic carbocycles. The van der Waals surface area contributed by atoms with Crippen LogP contribution >= 0.6 is 11.8 Å². The highest BCUT2D eigenvalue weighted by Gasteiger charge is 2.30. The molecule has 0 spiro atoms. The number of carboxylic acids is 1. The van der Waals surface area contributed by atoms with Crippen molar-refractivity contribution in [1.29, 1.82) is 0 Å². The molecule has 0 fully saturated rings. The molecule has 2 amide bonds. The lowest BCUT2D eigenvalue weighted by atomic mass is 9.98. The molecule has 1 unspecified atom stereocenters. The summed E-state index contributed by atoms with van der Waals surface area (Å²) in [6, 6.07) is 14.9. The molecule has 0 saturated heterocycles. The number of hydrogen-bond acceptors (Lipinski definition) is 5. The normalized spacial score (nSPS) is 13.9. The number of hydrogen-bond donors (Lipinski definition) is 3. The quantitative estimate of drug-likeness (QED) is 0.412. The maximum atomic E-state index is 12.9. The topological polar surface area (TPSA) is 105 Å². The van der Waals surface area contributed by atoms with Crippen LogP contribution in [0.25, 0.3) is 11.1 Å². The van der Waals surface area contributed by atoms with E-state index in [4.69, 9.17) is 9.84 Å². The molecule has 7 nitrogen and oxygen atoms in total. The van der Waals surface area contributed by atoms with Crippen molar-refractivity contribution in [3.63, 3.8) is 0 Å². The molecule has 3 rings (SSSR count). The molecule has 0 heterocycles. The number of ether oxygens (including phenoxy) is 1. The first-order chi connectivity index (χ1) is 16.4. The van der Waals surface area contributed by atoms with Crippen molar-refractivity contribution in [2.75, 3.05) is 18.6 Å². The largest absolute Gasteiger partial charge is 0.481 e. The third-order valence-electron chi connectivity index (χ3n) is 5.97. The van der Waals surface area contributed by atoms with Crippen LogP contribution in [-0.2, 0) is 14.3 Å². The van der Waals surface area contributed by atoms with Gasteiger partial charge in [-0.05, 0) is 47.1 Å². The maximum Gasteiger partial charge on any atom is 0.407 e.